The van der Waals surface area contributed by atoms with Crippen molar-refractivity contribution >= 4 is 23.9 Å². The molecule has 0 saturated heterocycles. The first-order valence-electron chi connectivity index (χ1n) is 8.35. The van der Waals surface area contributed by atoms with Crippen LogP contribution >= 0.6 is 0 Å². The van der Waals surface area contributed by atoms with E-state index in [-0.39, 0.29) is 11.3 Å². The molecule has 2 heterocycles. The molecule has 2 aliphatic rings. The fraction of sp³-hybridized carbons (Fsp3) is 0.368. The van der Waals surface area contributed by atoms with Crippen LogP contribution in [0.3, 0.4) is 0 Å². The first-order valence-corrected chi connectivity index (χ1v) is 8.35. The van der Waals surface area contributed by atoms with Gasteiger partial charge in [0.05, 0.1) is 45.6 Å². The Labute approximate surface area is 161 Å². The van der Waals surface area contributed by atoms with Gasteiger partial charge in [-0.2, -0.15) is 0 Å². The molecular formula is C19H21NO8. The maximum atomic E-state index is 12.6. The molecule has 0 aliphatic carbocycles. The van der Waals surface area contributed by atoms with Crippen molar-refractivity contribution in [1.29, 1.82) is 0 Å². The van der Waals surface area contributed by atoms with E-state index in [1.165, 1.54) is 4.90 Å². The van der Waals surface area contributed by atoms with Gasteiger partial charge in [-0.05, 0) is 12.0 Å². The van der Waals surface area contributed by atoms with Crippen LogP contribution in [-0.4, -0.2) is 63.3 Å². The number of carbonyl (C=O) groups is 4. The molecule has 150 valence electrons. The van der Waals surface area contributed by atoms with E-state index < -0.39 is 41.1 Å². The molecule has 2 rings (SSSR count). The van der Waals surface area contributed by atoms with Gasteiger partial charge in [-0.25, -0.2) is 19.2 Å². The second kappa shape index (κ2) is 8.55. The van der Waals surface area contributed by atoms with Gasteiger partial charge in [0.2, 0.25) is 0 Å². The number of carbonyl (C=O) groups excluding carboxylic acids is 4. The average Bonchev–Trinajstić information content (AvgIpc) is 2.74. The van der Waals surface area contributed by atoms with E-state index in [9.17, 15) is 19.2 Å². The predicted molar refractivity (Wildman–Crippen MR) is 95.3 cm³/mol. The van der Waals surface area contributed by atoms with Gasteiger partial charge in [-0.1, -0.05) is 19.1 Å². The summed E-state index contributed by atoms with van der Waals surface area (Å²) < 4.78 is 19.2. The number of nitrogens with zero attached hydrogens (tertiary/aromatic N) is 1. The van der Waals surface area contributed by atoms with Crippen LogP contribution in [0.25, 0.3) is 0 Å². The van der Waals surface area contributed by atoms with Crippen molar-refractivity contribution in [3.05, 3.63) is 46.3 Å². The van der Waals surface area contributed by atoms with Crippen molar-refractivity contribution in [2.24, 2.45) is 0 Å². The van der Waals surface area contributed by atoms with Crippen molar-refractivity contribution < 1.29 is 38.1 Å². The number of hydrogen-bond donors (Lipinski definition) is 0. The molecule has 0 radical (unpaired) electrons. The average molecular weight is 391 g/mol. The zero-order chi connectivity index (χ0) is 21.0. The molecule has 28 heavy (non-hydrogen) atoms. The number of methoxy groups -OCH3 is 4. The standard InChI is InChI=1S/C19H21NO8/c1-6-10-7-8-11-12(16(21)25-2)13(17(22)26-3)14(18(23)27-4)15(19(24)28-5)20(11)9-10/h7-9,11H,6H2,1-5H3. The molecule has 0 aromatic carbocycles. The van der Waals surface area contributed by atoms with Crippen LogP contribution in [0, 0.1) is 0 Å². The van der Waals surface area contributed by atoms with Crippen LogP contribution in [0.4, 0.5) is 0 Å². The number of hydrogen-bond acceptors (Lipinski definition) is 9. The molecule has 0 saturated carbocycles. The van der Waals surface area contributed by atoms with Crippen molar-refractivity contribution in [2.45, 2.75) is 19.4 Å². The summed E-state index contributed by atoms with van der Waals surface area (Å²) in [6.45, 7) is 1.90. The highest BCUT2D eigenvalue weighted by Gasteiger charge is 2.46. The summed E-state index contributed by atoms with van der Waals surface area (Å²) in [4.78, 5) is 51.6. The van der Waals surface area contributed by atoms with Crippen LogP contribution in [0.2, 0.25) is 0 Å². The molecule has 0 bridgehead atoms. The van der Waals surface area contributed by atoms with Crippen molar-refractivity contribution in [3.8, 4) is 0 Å². The van der Waals surface area contributed by atoms with Gasteiger partial charge >= 0.3 is 23.9 Å². The first-order chi connectivity index (χ1) is 13.4. The van der Waals surface area contributed by atoms with E-state index in [2.05, 4.69) is 0 Å². The van der Waals surface area contributed by atoms with Gasteiger partial charge in [-0.3, -0.25) is 0 Å². The minimum atomic E-state index is -0.998. The largest absolute Gasteiger partial charge is 0.466 e. The van der Waals surface area contributed by atoms with Crippen LogP contribution in [-0.2, 0) is 38.1 Å². The highest BCUT2D eigenvalue weighted by atomic mass is 16.5. The van der Waals surface area contributed by atoms with Crippen molar-refractivity contribution in [3.63, 3.8) is 0 Å². The molecule has 0 aromatic heterocycles. The topological polar surface area (TPSA) is 108 Å². The summed E-state index contributed by atoms with van der Waals surface area (Å²) in [5.41, 5.74) is -0.388. The lowest BCUT2D eigenvalue weighted by Gasteiger charge is -2.38. The van der Waals surface area contributed by atoms with E-state index in [0.717, 1.165) is 34.0 Å². The minimum absolute atomic E-state index is 0.148. The molecular weight excluding hydrogens is 370 g/mol. The Kier molecular flexibility index (Phi) is 6.40. The molecule has 0 spiro atoms. The minimum Gasteiger partial charge on any atom is -0.466 e. The molecule has 9 nitrogen and oxygen atoms in total. The van der Waals surface area contributed by atoms with Crippen LogP contribution < -0.4 is 0 Å². The second-order valence-corrected chi connectivity index (χ2v) is 5.75. The normalized spacial score (nSPS) is 18.2. The number of allylic oxidation sites excluding steroid dienone is 2. The third-order valence-electron chi connectivity index (χ3n) is 4.38. The lowest BCUT2D eigenvalue weighted by atomic mass is 9.85. The van der Waals surface area contributed by atoms with Crippen molar-refractivity contribution in [1.82, 2.24) is 4.90 Å². The van der Waals surface area contributed by atoms with Crippen LogP contribution in [0.15, 0.2) is 46.3 Å². The Morgan fingerprint density at radius 2 is 1.39 bits per heavy atom. The summed E-state index contributed by atoms with van der Waals surface area (Å²) >= 11 is 0. The van der Waals surface area contributed by atoms with Gasteiger partial charge in [0.1, 0.15) is 11.3 Å². The molecule has 1 unspecified atom stereocenters. The quantitative estimate of drug-likeness (QED) is 0.496. The summed E-state index contributed by atoms with van der Waals surface area (Å²) in [6, 6.07) is -0.876. The molecule has 0 fully saturated rings. The molecule has 0 N–H and O–H groups in total. The van der Waals surface area contributed by atoms with Gasteiger partial charge in [0.15, 0.2) is 0 Å². The van der Waals surface area contributed by atoms with E-state index in [4.69, 9.17) is 18.9 Å². The molecule has 2 aliphatic heterocycles. The highest BCUT2D eigenvalue weighted by molar-refractivity contribution is 6.16. The molecule has 0 aromatic rings. The fourth-order valence-corrected chi connectivity index (χ4v) is 3.04. The fourth-order valence-electron chi connectivity index (χ4n) is 3.04. The summed E-state index contributed by atoms with van der Waals surface area (Å²) in [7, 11) is 4.47. The molecule has 1 atom stereocenters. The Balaban J connectivity index is 2.96. The van der Waals surface area contributed by atoms with Gasteiger partial charge in [-0.15, -0.1) is 0 Å². The van der Waals surface area contributed by atoms with Crippen LogP contribution in [0.1, 0.15) is 13.3 Å². The Morgan fingerprint density at radius 3 is 1.89 bits per heavy atom. The van der Waals surface area contributed by atoms with E-state index >= 15 is 0 Å². The first kappa shape index (κ1) is 20.9. The number of ether oxygens (including phenoxy) is 4. The van der Waals surface area contributed by atoms with Gasteiger partial charge in [0.25, 0.3) is 0 Å². The smallest absolute Gasteiger partial charge is 0.355 e. The third kappa shape index (κ3) is 3.42. The number of fused-ring (bicyclic) bond motifs is 1. The maximum absolute atomic E-state index is 12.6. The third-order valence-corrected chi connectivity index (χ3v) is 4.38. The van der Waals surface area contributed by atoms with E-state index in [1.54, 1.807) is 18.4 Å². The van der Waals surface area contributed by atoms with Gasteiger partial charge < -0.3 is 23.8 Å². The second-order valence-electron chi connectivity index (χ2n) is 5.75. The zero-order valence-corrected chi connectivity index (χ0v) is 16.2. The highest BCUT2D eigenvalue weighted by Crippen LogP contribution is 2.38. The van der Waals surface area contributed by atoms with Crippen molar-refractivity contribution in [2.75, 3.05) is 28.4 Å². The summed E-state index contributed by atoms with van der Waals surface area (Å²) in [5.74, 6) is -3.71. The Bertz CT molecular complexity index is 846. The summed E-state index contributed by atoms with van der Waals surface area (Å²) in [5, 5.41) is 0. The lowest BCUT2D eigenvalue weighted by molar-refractivity contribution is -0.143. The lowest BCUT2D eigenvalue weighted by Crippen LogP contribution is -2.45. The van der Waals surface area contributed by atoms with E-state index in [0.29, 0.717) is 6.42 Å². The van der Waals surface area contributed by atoms with Gasteiger partial charge in [0, 0.05) is 6.20 Å². The maximum Gasteiger partial charge on any atom is 0.355 e. The Morgan fingerprint density at radius 1 is 0.857 bits per heavy atom. The Hall–Kier alpha value is -3.36. The number of esters is 4. The zero-order valence-electron chi connectivity index (χ0n) is 16.2. The SMILES string of the molecule is CCC1=CN2C(C(=O)OC)=C(C(=O)OC)C(C(=O)OC)=C(C(=O)OC)C2C=C1. The predicted octanol–water partition coefficient (Wildman–Crippen LogP) is 0.777. The van der Waals surface area contributed by atoms with E-state index in [1.807, 2.05) is 6.92 Å². The molecule has 0 amide bonds. The molecule has 9 heteroatoms. The number of rotatable bonds is 5. The monoisotopic (exact) mass is 391 g/mol. The van der Waals surface area contributed by atoms with Crippen LogP contribution in [0.5, 0.6) is 0 Å². The summed E-state index contributed by atoms with van der Waals surface area (Å²) in [6.07, 6.45) is 5.63.